The molecule has 0 amide bonds. The van der Waals surface area contributed by atoms with Crippen LogP contribution in [0.4, 0.5) is 5.69 Å². The first kappa shape index (κ1) is 9.98. The van der Waals surface area contributed by atoms with Gasteiger partial charge in [-0.2, -0.15) is 0 Å². The second-order valence-electron chi connectivity index (χ2n) is 3.44. The van der Waals surface area contributed by atoms with Crippen LogP contribution in [0.25, 0.3) is 0 Å². The first-order valence-corrected chi connectivity index (χ1v) is 5.00. The van der Waals surface area contributed by atoms with Crippen molar-refractivity contribution in [1.82, 2.24) is 0 Å². The van der Waals surface area contributed by atoms with Gasteiger partial charge in [-0.1, -0.05) is 17.3 Å². The van der Waals surface area contributed by atoms with Crippen LogP contribution in [-0.2, 0) is 4.74 Å². The Morgan fingerprint density at radius 1 is 1.20 bits per heavy atom. The Labute approximate surface area is 88.8 Å². The maximum absolute atomic E-state index is 8.38. The molecule has 4 nitrogen and oxygen atoms in total. The summed E-state index contributed by atoms with van der Waals surface area (Å²) in [7, 11) is 0. The van der Waals surface area contributed by atoms with Crippen LogP contribution in [0, 0.1) is 0 Å². The minimum Gasteiger partial charge on any atom is -0.411 e. The molecule has 1 aliphatic heterocycles. The summed E-state index contributed by atoms with van der Waals surface area (Å²) < 4.78 is 5.29. The van der Waals surface area contributed by atoms with E-state index in [-0.39, 0.29) is 0 Å². The Hall–Kier alpha value is -1.55. The molecular weight excluding hydrogens is 192 g/mol. The van der Waals surface area contributed by atoms with Gasteiger partial charge in [-0.25, -0.2) is 0 Å². The molecule has 15 heavy (non-hydrogen) atoms. The summed E-state index contributed by atoms with van der Waals surface area (Å²) in [6.07, 6.45) is 1.42. The number of ether oxygens (including phenoxy) is 1. The SMILES string of the molecule is ON=Cc1ccc(N2CCOCC2)cc1. The highest BCUT2D eigenvalue weighted by molar-refractivity contribution is 5.79. The molecule has 0 bridgehead atoms. The molecule has 1 saturated heterocycles. The zero-order valence-electron chi connectivity index (χ0n) is 8.47. The van der Waals surface area contributed by atoms with E-state index < -0.39 is 0 Å². The molecule has 0 aliphatic carbocycles. The van der Waals surface area contributed by atoms with Gasteiger partial charge in [0.25, 0.3) is 0 Å². The van der Waals surface area contributed by atoms with Gasteiger partial charge in [0.2, 0.25) is 0 Å². The van der Waals surface area contributed by atoms with E-state index in [4.69, 9.17) is 9.94 Å². The van der Waals surface area contributed by atoms with Gasteiger partial charge in [0.15, 0.2) is 0 Å². The molecule has 80 valence electrons. The average Bonchev–Trinajstić information content (AvgIpc) is 2.32. The van der Waals surface area contributed by atoms with Crippen LogP contribution >= 0.6 is 0 Å². The first-order valence-electron chi connectivity index (χ1n) is 5.00. The maximum Gasteiger partial charge on any atom is 0.0733 e. The van der Waals surface area contributed by atoms with Crippen molar-refractivity contribution in [3.05, 3.63) is 29.8 Å². The normalized spacial score (nSPS) is 17.2. The van der Waals surface area contributed by atoms with Gasteiger partial charge >= 0.3 is 0 Å². The monoisotopic (exact) mass is 206 g/mol. The molecule has 1 N–H and O–H groups in total. The van der Waals surface area contributed by atoms with Crippen molar-refractivity contribution in [2.24, 2.45) is 5.16 Å². The summed E-state index contributed by atoms with van der Waals surface area (Å²) in [5.41, 5.74) is 2.09. The largest absolute Gasteiger partial charge is 0.411 e. The molecule has 0 radical (unpaired) electrons. The fourth-order valence-corrected chi connectivity index (χ4v) is 1.66. The van der Waals surface area contributed by atoms with Crippen LogP contribution in [0.1, 0.15) is 5.56 Å². The van der Waals surface area contributed by atoms with E-state index in [0.29, 0.717) is 0 Å². The predicted molar refractivity (Wildman–Crippen MR) is 58.9 cm³/mol. The number of anilines is 1. The average molecular weight is 206 g/mol. The van der Waals surface area contributed by atoms with E-state index in [9.17, 15) is 0 Å². The Morgan fingerprint density at radius 3 is 2.47 bits per heavy atom. The second kappa shape index (κ2) is 4.79. The number of nitrogens with zero attached hydrogens (tertiary/aromatic N) is 2. The minimum atomic E-state index is 0.792. The number of hydrogen-bond donors (Lipinski definition) is 1. The lowest BCUT2D eigenvalue weighted by Gasteiger charge is -2.28. The van der Waals surface area contributed by atoms with Crippen LogP contribution in [0.15, 0.2) is 29.4 Å². The molecule has 0 unspecified atom stereocenters. The van der Waals surface area contributed by atoms with Gasteiger partial charge in [-0.3, -0.25) is 0 Å². The number of benzene rings is 1. The van der Waals surface area contributed by atoms with E-state index in [1.54, 1.807) is 0 Å². The smallest absolute Gasteiger partial charge is 0.0733 e. The van der Waals surface area contributed by atoms with E-state index in [2.05, 4.69) is 10.1 Å². The van der Waals surface area contributed by atoms with Gasteiger partial charge in [-0.05, 0) is 17.7 Å². The summed E-state index contributed by atoms with van der Waals surface area (Å²) >= 11 is 0. The summed E-state index contributed by atoms with van der Waals surface area (Å²) in [6, 6.07) is 7.93. The lowest BCUT2D eigenvalue weighted by Crippen LogP contribution is -2.36. The highest BCUT2D eigenvalue weighted by Gasteiger charge is 2.10. The van der Waals surface area contributed by atoms with Crippen molar-refractivity contribution in [2.45, 2.75) is 0 Å². The Balaban J connectivity index is 2.08. The van der Waals surface area contributed by atoms with Crippen LogP contribution in [-0.4, -0.2) is 37.7 Å². The highest BCUT2D eigenvalue weighted by atomic mass is 16.5. The van der Waals surface area contributed by atoms with Crippen molar-refractivity contribution in [2.75, 3.05) is 31.2 Å². The third kappa shape index (κ3) is 2.47. The Morgan fingerprint density at radius 2 is 1.87 bits per heavy atom. The predicted octanol–water partition coefficient (Wildman–Crippen LogP) is 1.33. The first-order chi connectivity index (χ1) is 7.40. The number of morpholine rings is 1. The molecular formula is C11H14N2O2. The molecule has 1 heterocycles. The minimum absolute atomic E-state index is 0.792. The zero-order chi connectivity index (χ0) is 10.5. The maximum atomic E-state index is 8.38. The highest BCUT2D eigenvalue weighted by Crippen LogP contribution is 2.15. The number of rotatable bonds is 2. The van der Waals surface area contributed by atoms with Crippen molar-refractivity contribution >= 4 is 11.9 Å². The van der Waals surface area contributed by atoms with E-state index >= 15 is 0 Å². The fourth-order valence-electron chi connectivity index (χ4n) is 1.66. The molecule has 2 rings (SSSR count). The lowest BCUT2D eigenvalue weighted by atomic mass is 10.2. The summed E-state index contributed by atoms with van der Waals surface area (Å²) in [6.45, 7) is 3.46. The zero-order valence-corrected chi connectivity index (χ0v) is 8.47. The van der Waals surface area contributed by atoms with Gasteiger partial charge in [0, 0.05) is 18.8 Å². The van der Waals surface area contributed by atoms with Crippen molar-refractivity contribution in [3.8, 4) is 0 Å². The molecule has 4 heteroatoms. The lowest BCUT2D eigenvalue weighted by molar-refractivity contribution is 0.122. The number of oxime groups is 1. The van der Waals surface area contributed by atoms with Gasteiger partial charge in [0.1, 0.15) is 0 Å². The van der Waals surface area contributed by atoms with Crippen LogP contribution < -0.4 is 4.90 Å². The summed E-state index contributed by atoms with van der Waals surface area (Å²) in [5.74, 6) is 0. The molecule has 0 aromatic heterocycles. The van der Waals surface area contributed by atoms with Gasteiger partial charge in [0.05, 0.1) is 19.4 Å². The Bertz CT molecular complexity index is 329. The Kier molecular flexibility index (Phi) is 3.19. The number of hydrogen-bond acceptors (Lipinski definition) is 4. The molecule has 0 saturated carbocycles. The van der Waals surface area contributed by atoms with Crippen molar-refractivity contribution in [3.63, 3.8) is 0 Å². The van der Waals surface area contributed by atoms with Crippen molar-refractivity contribution < 1.29 is 9.94 Å². The summed E-state index contributed by atoms with van der Waals surface area (Å²) in [4.78, 5) is 2.28. The van der Waals surface area contributed by atoms with E-state index in [1.165, 1.54) is 11.9 Å². The van der Waals surface area contributed by atoms with E-state index in [1.807, 2.05) is 24.3 Å². The van der Waals surface area contributed by atoms with Crippen LogP contribution in [0.3, 0.4) is 0 Å². The van der Waals surface area contributed by atoms with E-state index in [0.717, 1.165) is 31.9 Å². The fraction of sp³-hybridized carbons (Fsp3) is 0.364. The molecule has 1 fully saturated rings. The topological polar surface area (TPSA) is 45.1 Å². The molecule has 0 spiro atoms. The molecule has 0 atom stereocenters. The summed E-state index contributed by atoms with van der Waals surface area (Å²) in [5, 5.41) is 11.4. The van der Waals surface area contributed by atoms with Gasteiger partial charge < -0.3 is 14.8 Å². The third-order valence-corrected chi connectivity index (χ3v) is 2.48. The molecule has 1 aliphatic rings. The standard InChI is InChI=1S/C11H14N2O2/c14-12-9-10-1-3-11(4-2-10)13-5-7-15-8-6-13/h1-4,9,14H,5-8H2. The second-order valence-corrected chi connectivity index (χ2v) is 3.44. The third-order valence-electron chi connectivity index (χ3n) is 2.48. The molecule has 1 aromatic rings. The van der Waals surface area contributed by atoms with Crippen LogP contribution in [0.5, 0.6) is 0 Å². The van der Waals surface area contributed by atoms with Gasteiger partial charge in [-0.15, -0.1) is 0 Å². The molecule has 1 aromatic carbocycles. The quantitative estimate of drug-likeness (QED) is 0.451. The van der Waals surface area contributed by atoms with Crippen molar-refractivity contribution in [1.29, 1.82) is 0 Å². The van der Waals surface area contributed by atoms with Crippen LogP contribution in [0.2, 0.25) is 0 Å².